The third kappa shape index (κ3) is 6.28. The molecule has 0 radical (unpaired) electrons. The maximum absolute atomic E-state index is 13.5. The van der Waals surface area contributed by atoms with Crippen molar-refractivity contribution in [3.05, 3.63) is 69.2 Å². The SMILES string of the molecule is CC(C)=CCC/C(C)=C/CC/C(C)=C/CN1C(=O)c2cccc(O)c2Nc2c1cc(O)c(Br)c2O. The van der Waals surface area contributed by atoms with E-state index in [9.17, 15) is 20.1 Å². The molecular formula is C28H33BrN2O4. The number of nitrogens with one attached hydrogen (secondary N) is 1. The largest absolute Gasteiger partial charge is 0.507 e. The molecule has 6 nitrogen and oxygen atoms in total. The fourth-order valence-corrected chi connectivity index (χ4v) is 4.26. The van der Waals surface area contributed by atoms with Crippen LogP contribution in [0.25, 0.3) is 0 Å². The lowest BCUT2D eigenvalue weighted by atomic mass is 10.1. The molecule has 0 spiro atoms. The molecule has 0 fully saturated rings. The zero-order valence-electron chi connectivity index (χ0n) is 20.7. The molecule has 3 rings (SSSR count). The van der Waals surface area contributed by atoms with E-state index in [-0.39, 0.29) is 51.1 Å². The number of amides is 1. The van der Waals surface area contributed by atoms with E-state index < -0.39 is 0 Å². The number of allylic oxidation sites excluding steroid dienone is 5. The van der Waals surface area contributed by atoms with Gasteiger partial charge in [0.25, 0.3) is 5.91 Å². The summed E-state index contributed by atoms with van der Waals surface area (Å²) in [7, 11) is 0. The first-order chi connectivity index (χ1) is 16.6. The van der Waals surface area contributed by atoms with Crippen LogP contribution in [0.1, 0.15) is 63.7 Å². The number of hydrogen-bond acceptors (Lipinski definition) is 5. The quantitative estimate of drug-likeness (QED) is 0.156. The molecule has 35 heavy (non-hydrogen) atoms. The van der Waals surface area contributed by atoms with E-state index in [1.54, 1.807) is 12.1 Å². The Kier molecular flexibility index (Phi) is 8.67. The van der Waals surface area contributed by atoms with E-state index in [0.717, 1.165) is 31.3 Å². The van der Waals surface area contributed by atoms with E-state index in [1.165, 1.54) is 28.2 Å². The second-order valence-electron chi connectivity index (χ2n) is 9.15. The first-order valence-corrected chi connectivity index (χ1v) is 12.5. The van der Waals surface area contributed by atoms with Gasteiger partial charge in [0.2, 0.25) is 0 Å². The summed E-state index contributed by atoms with van der Waals surface area (Å²) in [6, 6.07) is 6.12. The van der Waals surface area contributed by atoms with Crippen molar-refractivity contribution in [3.63, 3.8) is 0 Å². The van der Waals surface area contributed by atoms with E-state index in [2.05, 4.69) is 54.2 Å². The molecule has 1 aliphatic rings. The number of carbonyl (C=O) groups excluding carboxylic acids is 1. The van der Waals surface area contributed by atoms with E-state index >= 15 is 0 Å². The number of halogens is 1. The molecule has 1 heterocycles. The van der Waals surface area contributed by atoms with Gasteiger partial charge in [0.05, 0.1) is 16.9 Å². The number of hydrogen-bond donors (Lipinski definition) is 4. The summed E-state index contributed by atoms with van der Waals surface area (Å²) in [5.74, 6) is -0.887. The monoisotopic (exact) mass is 540 g/mol. The van der Waals surface area contributed by atoms with E-state index in [0.29, 0.717) is 5.69 Å². The van der Waals surface area contributed by atoms with Crippen molar-refractivity contribution in [1.82, 2.24) is 0 Å². The lowest BCUT2D eigenvalue weighted by Gasteiger charge is -2.23. The summed E-state index contributed by atoms with van der Waals surface area (Å²) < 4.78 is 0.105. The average Bonchev–Trinajstić information content (AvgIpc) is 2.91. The Hall–Kier alpha value is -3.19. The lowest BCUT2D eigenvalue weighted by molar-refractivity contribution is 0.0991. The molecule has 1 amide bonds. The summed E-state index contributed by atoms with van der Waals surface area (Å²) in [6.07, 6.45) is 10.4. The standard InChI is InChI=1S/C28H33BrN2O4/c1-17(2)8-5-9-18(3)10-6-11-19(4)14-15-31-21-16-23(33)24(29)27(34)26(21)30-25-20(28(31)35)12-7-13-22(25)32/h7-8,10,12-14,16,30,32-34H,5-6,9,11,15H2,1-4H3/b18-10+,19-14+. The zero-order valence-corrected chi connectivity index (χ0v) is 22.2. The Labute approximate surface area is 215 Å². The third-order valence-corrected chi connectivity index (χ3v) is 6.78. The van der Waals surface area contributed by atoms with Gasteiger partial charge in [-0.2, -0.15) is 0 Å². The van der Waals surface area contributed by atoms with Crippen molar-refractivity contribution in [3.8, 4) is 17.2 Å². The molecule has 2 aromatic carbocycles. The van der Waals surface area contributed by atoms with Crippen molar-refractivity contribution in [2.24, 2.45) is 0 Å². The minimum Gasteiger partial charge on any atom is -0.507 e. The maximum atomic E-state index is 13.5. The van der Waals surface area contributed by atoms with Crippen molar-refractivity contribution in [1.29, 1.82) is 0 Å². The van der Waals surface area contributed by atoms with Gasteiger partial charge >= 0.3 is 0 Å². The molecule has 4 N–H and O–H groups in total. The van der Waals surface area contributed by atoms with E-state index in [4.69, 9.17) is 0 Å². The minimum atomic E-state index is -0.345. The number of phenolic OH excluding ortho intramolecular Hbond substituents is 3. The Balaban J connectivity index is 1.84. The third-order valence-electron chi connectivity index (χ3n) is 6.00. The van der Waals surface area contributed by atoms with Gasteiger partial charge in [-0.15, -0.1) is 0 Å². The minimum absolute atomic E-state index is 0.105. The molecule has 0 bridgehead atoms. The molecule has 0 atom stereocenters. The normalized spacial score (nSPS) is 13.6. The summed E-state index contributed by atoms with van der Waals surface area (Å²) >= 11 is 3.18. The zero-order chi connectivity index (χ0) is 25.7. The highest BCUT2D eigenvalue weighted by Gasteiger charge is 2.31. The molecule has 0 saturated heterocycles. The summed E-state index contributed by atoms with van der Waals surface area (Å²) in [5.41, 5.74) is 4.87. The van der Waals surface area contributed by atoms with Gasteiger partial charge in [-0.25, -0.2) is 0 Å². The Morgan fingerprint density at radius 2 is 1.60 bits per heavy atom. The highest BCUT2D eigenvalue weighted by molar-refractivity contribution is 9.10. The van der Waals surface area contributed by atoms with Crippen LogP contribution >= 0.6 is 15.9 Å². The predicted molar refractivity (Wildman–Crippen MR) is 146 cm³/mol. The first-order valence-electron chi connectivity index (χ1n) is 11.7. The second-order valence-corrected chi connectivity index (χ2v) is 9.95. The van der Waals surface area contributed by atoms with E-state index in [1.807, 2.05) is 13.0 Å². The van der Waals surface area contributed by atoms with Crippen LogP contribution in [0.2, 0.25) is 0 Å². The summed E-state index contributed by atoms with van der Waals surface area (Å²) in [4.78, 5) is 15.0. The Morgan fingerprint density at radius 1 is 0.943 bits per heavy atom. The van der Waals surface area contributed by atoms with Crippen LogP contribution in [0.4, 0.5) is 17.1 Å². The fourth-order valence-electron chi connectivity index (χ4n) is 3.95. The Bertz CT molecular complexity index is 1210. The highest BCUT2D eigenvalue weighted by Crippen LogP contribution is 2.50. The van der Waals surface area contributed by atoms with Crippen LogP contribution in [0, 0.1) is 0 Å². The average molecular weight is 541 g/mol. The van der Waals surface area contributed by atoms with Crippen LogP contribution in [0.15, 0.2) is 63.7 Å². The van der Waals surface area contributed by atoms with Gasteiger partial charge in [0.15, 0.2) is 5.75 Å². The van der Waals surface area contributed by atoms with Crippen molar-refractivity contribution >= 4 is 38.9 Å². The first kappa shape index (κ1) is 26.4. The van der Waals surface area contributed by atoms with Gasteiger partial charge in [-0.3, -0.25) is 4.79 Å². The second kappa shape index (κ2) is 11.5. The molecule has 0 aliphatic carbocycles. The number of rotatable bonds is 8. The predicted octanol–water partition coefficient (Wildman–Crippen LogP) is 7.69. The van der Waals surface area contributed by atoms with Crippen molar-refractivity contribution in [2.45, 2.75) is 53.4 Å². The number of aromatic hydroxyl groups is 3. The number of carbonyl (C=O) groups is 1. The molecule has 7 heteroatoms. The van der Waals surface area contributed by atoms with Gasteiger partial charge in [-0.1, -0.05) is 41.0 Å². The highest BCUT2D eigenvalue weighted by atomic mass is 79.9. The number of fused-ring (bicyclic) bond motifs is 2. The molecular weight excluding hydrogens is 508 g/mol. The molecule has 0 aromatic heterocycles. The Morgan fingerprint density at radius 3 is 2.29 bits per heavy atom. The van der Waals surface area contributed by atoms with Crippen LogP contribution in [-0.4, -0.2) is 27.8 Å². The topological polar surface area (TPSA) is 93.0 Å². The lowest BCUT2D eigenvalue weighted by Crippen LogP contribution is -2.30. The number of anilines is 3. The number of para-hydroxylation sites is 1. The number of nitrogens with zero attached hydrogens (tertiary/aromatic N) is 1. The molecule has 0 unspecified atom stereocenters. The molecule has 0 saturated carbocycles. The van der Waals surface area contributed by atoms with Gasteiger partial charge in [0.1, 0.15) is 21.7 Å². The van der Waals surface area contributed by atoms with Crippen LogP contribution in [0.5, 0.6) is 17.2 Å². The van der Waals surface area contributed by atoms with Crippen molar-refractivity contribution < 1.29 is 20.1 Å². The number of benzene rings is 2. The maximum Gasteiger partial charge on any atom is 0.260 e. The molecule has 1 aliphatic heterocycles. The fraction of sp³-hybridized carbons (Fsp3) is 0.321. The summed E-state index contributed by atoms with van der Waals surface area (Å²) in [5, 5.41) is 34.4. The van der Waals surface area contributed by atoms with Crippen LogP contribution in [0.3, 0.4) is 0 Å². The van der Waals surface area contributed by atoms with Crippen LogP contribution in [-0.2, 0) is 0 Å². The smallest absolute Gasteiger partial charge is 0.260 e. The molecule has 2 aromatic rings. The van der Waals surface area contributed by atoms with Crippen molar-refractivity contribution in [2.75, 3.05) is 16.8 Å². The summed E-state index contributed by atoms with van der Waals surface area (Å²) in [6.45, 7) is 8.66. The van der Waals surface area contributed by atoms with Gasteiger partial charge in [-0.05, 0) is 81.4 Å². The number of phenols is 3. The van der Waals surface area contributed by atoms with Gasteiger partial charge in [0, 0.05) is 12.6 Å². The molecule has 186 valence electrons. The van der Waals surface area contributed by atoms with Crippen LogP contribution < -0.4 is 10.2 Å². The van der Waals surface area contributed by atoms with Gasteiger partial charge < -0.3 is 25.5 Å².